The van der Waals surface area contributed by atoms with Crippen molar-refractivity contribution in [1.82, 2.24) is 0 Å². The SMILES string of the molecule is C=CC(=O)Oc1ccc(OC)c(OC2CCCC2)c1. The van der Waals surface area contributed by atoms with Crippen LogP contribution in [0.2, 0.25) is 0 Å². The van der Waals surface area contributed by atoms with Crippen molar-refractivity contribution in [3.63, 3.8) is 0 Å². The van der Waals surface area contributed by atoms with Crippen molar-refractivity contribution in [2.75, 3.05) is 7.11 Å². The largest absolute Gasteiger partial charge is 0.493 e. The first-order valence-corrected chi connectivity index (χ1v) is 6.42. The predicted molar refractivity (Wildman–Crippen MR) is 71.7 cm³/mol. The molecule has 0 spiro atoms. The first kappa shape index (κ1) is 13.5. The summed E-state index contributed by atoms with van der Waals surface area (Å²) >= 11 is 0. The van der Waals surface area contributed by atoms with Gasteiger partial charge in [-0.25, -0.2) is 4.79 Å². The van der Waals surface area contributed by atoms with Gasteiger partial charge in [-0.15, -0.1) is 0 Å². The molecule has 0 N–H and O–H groups in total. The lowest BCUT2D eigenvalue weighted by atomic mass is 10.2. The van der Waals surface area contributed by atoms with Gasteiger partial charge in [0.1, 0.15) is 5.75 Å². The molecule has 0 amide bonds. The molecule has 2 rings (SSSR count). The average Bonchev–Trinajstić information content (AvgIpc) is 2.92. The van der Waals surface area contributed by atoms with Crippen LogP contribution in [0.1, 0.15) is 25.7 Å². The zero-order valence-electron chi connectivity index (χ0n) is 11.1. The molecule has 1 aliphatic carbocycles. The number of hydrogen-bond donors (Lipinski definition) is 0. The van der Waals surface area contributed by atoms with Gasteiger partial charge in [-0.1, -0.05) is 6.58 Å². The van der Waals surface area contributed by atoms with Crippen LogP contribution in [0, 0.1) is 0 Å². The summed E-state index contributed by atoms with van der Waals surface area (Å²) in [4.78, 5) is 11.2. The summed E-state index contributed by atoms with van der Waals surface area (Å²) in [6.07, 6.45) is 5.84. The maximum atomic E-state index is 11.2. The standard InChI is InChI=1S/C15H18O4/c1-3-15(16)19-12-8-9-13(17-2)14(10-12)18-11-6-4-5-7-11/h3,8-11H,1,4-7H2,2H3. The Morgan fingerprint density at radius 3 is 2.68 bits per heavy atom. The van der Waals surface area contributed by atoms with Crippen molar-refractivity contribution >= 4 is 5.97 Å². The molecule has 102 valence electrons. The number of esters is 1. The Bertz CT molecular complexity index is 461. The van der Waals surface area contributed by atoms with Crippen molar-refractivity contribution in [2.24, 2.45) is 0 Å². The summed E-state index contributed by atoms with van der Waals surface area (Å²) in [6.45, 7) is 3.37. The Hall–Kier alpha value is -1.97. The van der Waals surface area contributed by atoms with Crippen LogP contribution in [-0.2, 0) is 4.79 Å². The average molecular weight is 262 g/mol. The number of carbonyl (C=O) groups is 1. The van der Waals surface area contributed by atoms with E-state index in [0.29, 0.717) is 17.2 Å². The highest BCUT2D eigenvalue weighted by Crippen LogP contribution is 2.34. The van der Waals surface area contributed by atoms with Gasteiger partial charge in [0.25, 0.3) is 0 Å². The van der Waals surface area contributed by atoms with Gasteiger partial charge in [0.05, 0.1) is 13.2 Å². The minimum atomic E-state index is -0.489. The van der Waals surface area contributed by atoms with E-state index in [0.717, 1.165) is 18.9 Å². The molecule has 4 heteroatoms. The van der Waals surface area contributed by atoms with Crippen molar-refractivity contribution in [3.8, 4) is 17.2 Å². The molecule has 0 bridgehead atoms. The maximum Gasteiger partial charge on any atom is 0.335 e. The number of hydrogen-bond acceptors (Lipinski definition) is 4. The van der Waals surface area contributed by atoms with Crippen LogP contribution >= 0.6 is 0 Å². The third-order valence-corrected chi connectivity index (χ3v) is 3.12. The molecule has 0 heterocycles. The topological polar surface area (TPSA) is 44.8 Å². The van der Waals surface area contributed by atoms with E-state index in [1.807, 2.05) is 0 Å². The van der Waals surface area contributed by atoms with Crippen LogP contribution in [0.5, 0.6) is 17.2 Å². The molecule has 0 radical (unpaired) electrons. The third kappa shape index (κ3) is 3.50. The maximum absolute atomic E-state index is 11.2. The summed E-state index contributed by atoms with van der Waals surface area (Å²) in [7, 11) is 1.59. The Morgan fingerprint density at radius 2 is 2.05 bits per heavy atom. The fraction of sp³-hybridized carbons (Fsp3) is 0.400. The lowest BCUT2D eigenvalue weighted by Crippen LogP contribution is -2.12. The molecule has 1 aromatic carbocycles. The zero-order chi connectivity index (χ0) is 13.7. The smallest absolute Gasteiger partial charge is 0.335 e. The van der Waals surface area contributed by atoms with Gasteiger partial charge in [-0.05, 0) is 37.8 Å². The van der Waals surface area contributed by atoms with Gasteiger partial charge in [0, 0.05) is 12.1 Å². The molecule has 0 aromatic heterocycles. The van der Waals surface area contributed by atoms with Crippen LogP contribution in [0.4, 0.5) is 0 Å². The molecular weight excluding hydrogens is 244 g/mol. The Kier molecular flexibility index (Phi) is 4.44. The predicted octanol–water partition coefficient (Wildman–Crippen LogP) is 3.11. The van der Waals surface area contributed by atoms with Gasteiger partial charge in [0.2, 0.25) is 0 Å². The summed E-state index contributed by atoms with van der Waals surface area (Å²) in [5.74, 6) is 1.20. The highest BCUT2D eigenvalue weighted by atomic mass is 16.5. The van der Waals surface area contributed by atoms with Crippen LogP contribution < -0.4 is 14.2 Å². The van der Waals surface area contributed by atoms with Gasteiger partial charge < -0.3 is 14.2 Å². The van der Waals surface area contributed by atoms with Crippen LogP contribution in [0.15, 0.2) is 30.9 Å². The van der Waals surface area contributed by atoms with Crippen LogP contribution in [0.25, 0.3) is 0 Å². The molecule has 4 nitrogen and oxygen atoms in total. The van der Waals surface area contributed by atoms with Crippen molar-refractivity contribution in [1.29, 1.82) is 0 Å². The Morgan fingerprint density at radius 1 is 1.32 bits per heavy atom. The van der Waals surface area contributed by atoms with Gasteiger partial charge in [-0.2, -0.15) is 0 Å². The van der Waals surface area contributed by atoms with E-state index in [2.05, 4.69) is 6.58 Å². The van der Waals surface area contributed by atoms with E-state index in [4.69, 9.17) is 14.2 Å². The lowest BCUT2D eigenvalue weighted by molar-refractivity contribution is -0.128. The van der Waals surface area contributed by atoms with Crippen molar-refractivity contribution < 1.29 is 19.0 Å². The molecule has 0 aliphatic heterocycles. The molecule has 1 aliphatic rings. The monoisotopic (exact) mass is 262 g/mol. The van der Waals surface area contributed by atoms with E-state index in [1.54, 1.807) is 25.3 Å². The number of rotatable bonds is 5. The zero-order valence-corrected chi connectivity index (χ0v) is 11.1. The second-order valence-corrected chi connectivity index (χ2v) is 4.46. The Balaban J connectivity index is 2.15. The number of carbonyl (C=O) groups excluding carboxylic acids is 1. The number of methoxy groups -OCH3 is 1. The highest BCUT2D eigenvalue weighted by Gasteiger charge is 2.19. The molecule has 0 saturated heterocycles. The van der Waals surface area contributed by atoms with Gasteiger partial charge in [-0.3, -0.25) is 0 Å². The minimum absolute atomic E-state index is 0.222. The van der Waals surface area contributed by atoms with E-state index in [9.17, 15) is 4.79 Å². The normalized spacial score (nSPS) is 15.0. The molecular formula is C15H18O4. The summed E-state index contributed by atoms with van der Waals surface area (Å²) in [6, 6.07) is 5.08. The van der Waals surface area contributed by atoms with E-state index >= 15 is 0 Å². The Labute approximate surface area is 113 Å². The number of benzene rings is 1. The summed E-state index contributed by atoms with van der Waals surface area (Å²) in [5, 5.41) is 0. The quantitative estimate of drug-likeness (QED) is 0.464. The van der Waals surface area contributed by atoms with Crippen LogP contribution in [0.3, 0.4) is 0 Å². The molecule has 1 saturated carbocycles. The minimum Gasteiger partial charge on any atom is -0.493 e. The lowest BCUT2D eigenvalue weighted by Gasteiger charge is -2.16. The molecule has 1 aromatic rings. The second kappa shape index (κ2) is 6.27. The third-order valence-electron chi connectivity index (χ3n) is 3.12. The summed E-state index contributed by atoms with van der Waals surface area (Å²) < 4.78 is 16.2. The molecule has 19 heavy (non-hydrogen) atoms. The van der Waals surface area contributed by atoms with Crippen LogP contribution in [-0.4, -0.2) is 19.2 Å². The first-order chi connectivity index (χ1) is 9.22. The van der Waals surface area contributed by atoms with Crippen molar-refractivity contribution in [2.45, 2.75) is 31.8 Å². The highest BCUT2D eigenvalue weighted by molar-refractivity contribution is 5.83. The molecule has 0 atom stereocenters. The summed E-state index contributed by atoms with van der Waals surface area (Å²) in [5.41, 5.74) is 0. The van der Waals surface area contributed by atoms with E-state index in [-0.39, 0.29) is 6.10 Å². The van der Waals surface area contributed by atoms with E-state index in [1.165, 1.54) is 12.8 Å². The second-order valence-electron chi connectivity index (χ2n) is 4.46. The molecule has 0 unspecified atom stereocenters. The van der Waals surface area contributed by atoms with Crippen molar-refractivity contribution in [3.05, 3.63) is 30.9 Å². The van der Waals surface area contributed by atoms with Gasteiger partial charge >= 0.3 is 5.97 Å². The fourth-order valence-corrected chi connectivity index (χ4v) is 2.16. The number of ether oxygens (including phenoxy) is 3. The first-order valence-electron chi connectivity index (χ1n) is 6.42. The molecule has 1 fully saturated rings. The fourth-order valence-electron chi connectivity index (χ4n) is 2.16. The van der Waals surface area contributed by atoms with Gasteiger partial charge in [0.15, 0.2) is 11.5 Å². The van der Waals surface area contributed by atoms with E-state index < -0.39 is 5.97 Å².